The lowest BCUT2D eigenvalue weighted by atomic mass is 10.0. The quantitative estimate of drug-likeness (QED) is 0.658. The Morgan fingerprint density at radius 3 is 2.81 bits per heavy atom. The van der Waals surface area contributed by atoms with Gasteiger partial charge in [0.15, 0.2) is 11.5 Å². The molecule has 1 aliphatic heterocycles. The molecule has 8 heteroatoms. The van der Waals surface area contributed by atoms with E-state index >= 15 is 0 Å². The van der Waals surface area contributed by atoms with Gasteiger partial charge >= 0.3 is 6.03 Å². The minimum atomic E-state index is -0.167. The van der Waals surface area contributed by atoms with E-state index in [0.717, 1.165) is 46.5 Å². The zero-order valence-corrected chi connectivity index (χ0v) is 17.5. The highest BCUT2D eigenvalue weighted by molar-refractivity contribution is 5.84. The Labute approximate surface area is 180 Å². The van der Waals surface area contributed by atoms with Crippen molar-refractivity contribution in [1.29, 1.82) is 0 Å². The summed E-state index contributed by atoms with van der Waals surface area (Å²) in [4.78, 5) is 14.1. The summed E-state index contributed by atoms with van der Waals surface area (Å²) in [5.41, 5.74) is 3.66. The summed E-state index contributed by atoms with van der Waals surface area (Å²) in [5, 5.41) is 11.3. The number of nitrogens with zero attached hydrogens (tertiary/aromatic N) is 4. The van der Waals surface area contributed by atoms with Crippen molar-refractivity contribution in [1.82, 2.24) is 25.2 Å². The van der Waals surface area contributed by atoms with E-state index in [1.54, 1.807) is 16.7 Å². The molecule has 1 saturated carbocycles. The van der Waals surface area contributed by atoms with Gasteiger partial charge in [-0.25, -0.2) is 9.48 Å². The minimum absolute atomic E-state index is 0.167. The standard InChI is InChI=1S/C23H25N5O3/c1-30-21-11-10-16(12-22(21)31-18-6-2-3-7-18)17-13-24-23(29)27(14-17)15-28-20-9-5-4-8-19(20)25-26-28/h4-5,8-12,14,18H,2-3,6-7,13,15H2,1H3,(H,24,29). The number of ether oxygens (including phenoxy) is 2. The van der Waals surface area contributed by atoms with Crippen molar-refractivity contribution in [2.45, 2.75) is 38.5 Å². The van der Waals surface area contributed by atoms with Crippen molar-refractivity contribution in [2.75, 3.05) is 13.7 Å². The summed E-state index contributed by atoms with van der Waals surface area (Å²) in [6.45, 7) is 0.722. The highest BCUT2D eigenvalue weighted by Gasteiger charge is 2.23. The molecule has 8 nitrogen and oxygen atoms in total. The third kappa shape index (κ3) is 3.93. The fraction of sp³-hybridized carbons (Fsp3) is 0.348. The lowest BCUT2D eigenvalue weighted by molar-refractivity contribution is 0.200. The molecule has 5 rings (SSSR count). The smallest absolute Gasteiger partial charge is 0.323 e. The Hall–Kier alpha value is -3.55. The number of urea groups is 1. The number of carbonyl (C=O) groups is 1. The third-order valence-corrected chi connectivity index (χ3v) is 5.84. The topological polar surface area (TPSA) is 81.5 Å². The second-order valence-corrected chi connectivity index (χ2v) is 7.89. The summed E-state index contributed by atoms with van der Waals surface area (Å²) < 4.78 is 13.5. The van der Waals surface area contributed by atoms with Crippen LogP contribution in [0.15, 0.2) is 48.7 Å². The van der Waals surface area contributed by atoms with Crippen LogP contribution in [0.4, 0.5) is 4.79 Å². The van der Waals surface area contributed by atoms with E-state index in [-0.39, 0.29) is 18.8 Å². The van der Waals surface area contributed by atoms with Crippen molar-refractivity contribution in [2.24, 2.45) is 0 Å². The second kappa shape index (κ2) is 8.29. The third-order valence-electron chi connectivity index (χ3n) is 5.84. The average molecular weight is 419 g/mol. The Bertz CT molecular complexity index is 1130. The van der Waals surface area contributed by atoms with Crippen LogP contribution in [0.25, 0.3) is 16.6 Å². The summed E-state index contributed by atoms with van der Waals surface area (Å²) in [6.07, 6.45) is 6.67. The Morgan fingerprint density at radius 2 is 1.97 bits per heavy atom. The number of para-hydroxylation sites is 1. The Balaban J connectivity index is 1.42. The number of benzene rings is 2. The van der Waals surface area contributed by atoms with Crippen molar-refractivity contribution < 1.29 is 14.3 Å². The van der Waals surface area contributed by atoms with Gasteiger partial charge in [-0.15, -0.1) is 5.10 Å². The first kappa shape index (κ1) is 19.4. The van der Waals surface area contributed by atoms with E-state index in [9.17, 15) is 4.79 Å². The average Bonchev–Trinajstić information content (AvgIpc) is 3.45. The van der Waals surface area contributed by atoms with Gasteiger partial charge in [-0.1, -0.05) is 23.4 Å². The van der Waals surface area contributed by atoms with Crippen LogP contribution in [-0.2, 0) is 6.67 Å². The van der Waals surface area contributed by atoms with E-state index in [4.69, 9.17) is 9.47 Å². The van der Waals surface area contributed by atoms with Crippen LogP contribution in [0.2, 0.25) is 0 Å². The number of fused-ring (bicyclic) bond motifs is 1. The largest absolute Gasteiger partial charge is 0.493 e. The Kier molecular flexibility index (Phi) is 5.19. The van der Waals surface area contributed by atoms with Gasteiger partial charge < -0.3 is 14.8 Å². The minimum Gasteiger partial charge on any atom is -0.493 e. The normalized spacial score (nSPS) is 17.0. The van der Waals surface area contributed by atoms with Crippen molar-refractivity contribution in [3.63, 3.8) is 0 Å². The number of rotatable bonds is 6. The molecule has 1 N–H and O–H groups in total. The van der Waals surface area contributed by atoms with E-state index in [1.165, 1.54) is 12.8 Å². The highest BCUT2D eigenvalue weighted by Crippen LogP contribution is 2.34. The number of hydrogen-bond acceptors (Lipinski definition) is 5. The molecule has 0 bridgehead atoms. The molecule has 1 aliphatic carbocycles. The highest BCUT2D eigenvalue weighted by atomic mass is 16.5. The first-order valence-corrected chi connectivity index (χ1v) is 10.6. The molecule has 3 aromatic rings. The molecule has 2 aromatic carbocycles. The summed E-state index contributed by atoms with van der Waals surface area (Å²) in [6, 6.07) is 13.4. The van der Waals surface area contributed by atoms with Gasteiger partial charge in [0.2, 0.25) is 0 Å². The Morgan fingerprint density at radius 1 is 1.13 bits per heavy atom. The van der Waals surface area contributed by atoms with Crippen molar-refractivity contribution >= 4 is 22.6 Å². The van der Waals surface area contributed by atoms with Gasteiger partial charge in [0.1, 0.15) is 12.2 Å². The van der Waals surface area contributed by atoms with Crippen molar-refractivity contribution in [3.05, 3.63) is 54.2 Å². The van der Waals surface area contributed by atoms with E-state index in [1.807, 2.05) is 48.7 Å². The fourth-order valence-corrected chi connectivity index (χ4v) is 4.17. The van der Waals surface area contributed by atoms with E-state index in [0.29, 0.717) is 6.54 Å². The molecule has 0 radical (unpaired) electrons. The van der Waals surface area contributed by atoms with Crippen LogP contribution in [0.5, 0.6) is 11.5 Å². The lowest BCUT2D eigenvalue weighted by Crippen LogP contribution is -2.42. The number of nitrogens with one attached hydrogen (secondary N) is 1. The molecular formula is C23H25N5O3. The van der Waals surface area contributed by atoms with Crippen LogP contribution < -0.4 is 14.8 Å². The molecule has 0 atom stereocenters. The van der Waals surface area contributed by atoms with Crippen molar-refractivity contribution in [3.8, 4) is 11.5 Å². The zero-order valence-electron chi connectivity index (χ0n) is 17.5. The predicted octanol–water partition coefficient (Wildman–Crippen LogP) is 3.79. The number of aromatic nitrogens is 3. The van der Waals surface area contributed by atoms with Crippen LogP contribution in [0.1, 0.15) is 31.2 Å². The van der Waals surface area contributed by atoms with Gasteiger partial charge in [0.05, 0.1) is 18.7 Å². The molecule has 2 heterocycles. The lowest BCUT2D eigenvalue weighted by Gasteiger charge is -2.26. The molecular weight excluding hydrogens is 394 g/mol. The molecule has 31 heavy (non-hydrogen) atoms. The summed E-state index contributed by atoms with van der Waals surface area (Å²) in [7, 11) is 1.65. The fourth-order valence-electron chi connectivity index (χ4n) is 4.17. The van der Waals surface area contributed by atoms with E-state index in [2.05, 4.69) is 15.6 Å². The monoisotopic (exact) mass is 419 g/mol. The molecule has 2 aliphatic rings. The molecule has 0 unspecified atom stereocenters. The first-order chi connectivity index (χ1) is 15.2. The molecule has 1 aromatic heterocycles. The molecule has 0 spiro atoms. The van der Waals surface area contributed by atoms with Crippen LogP contribution >= 0.6 is 0 Å². The van der Waals surface area contributed by atoms with E-state index < -0.39 is 0 Å². The van der Waals surface area contributed by atoms with Gasteiger partial charge in [0, 0.05) is 12.7 Å². The number of methoxy groups -OCH3 is 1. The number of carbonyl (C=O) groups excluding carboxylic acids is 1. The molecule has 160 valence electrons. The maximum absolute atomic E-state index is 12.5. The van der Waals surface area contributed by atoms with Crippen LogP contribution in [0.3, 0.4) is 0 Å². The van der Waals surface area contributed by atoms with Gasteiger partial charge in [0.25, 0.3) is 0 Å². The number of amides is 2. The maximum atomic E-state index is 12.5. The molecule has 1 fully saturated rings. The van der Waals surface area contributed by atoms with Gasteiger partial charge in [-0.3, -0.25) is 4.90 Å². The SMILES string of the molecule is COc1ccc(C2=CN(Cn3nnc4ccccc43)C(=O)NC2)cc1OC1CCCC1. The second-order valence-electron chi connectivity index (χ2n) is 7.89. The van der Waals surface area contributed by atoms with Crippen LogP contribution in [-0.4, -0.2) is 45.7 Å². The van der Waals surface area contributed by atoms with Gasteiger partial charge in [-0.05, 0) is 61.1 Å². The van der Waals surface area contributed by atoms with Crippen LogP contribution in [0, 0.1) is 0 Å². The molecule has 2 amide bonds. The molecule has 0 saturated heterocycles. The number of hydrogen-bond donors (Lipinski definition) is 1. The first-order valence-electron chi connectivity index (χ1n) is 10.6. The van der Waals surface area contributed by atoms with Gasteiger partial charge in [-0.2, -0.15) is 0 Å². The summed E-state index contributed by atoms with van der Waals surface area (Å²) >= 11 is 0. The summed E-state index contributed by atoms with van der Waals surface area (Å²) in [5.74, 6) is 1.47. The zero-order chi connectivity index (χ0) is 21.2. The predicted molar refractivity (Wildman–Crippen MR) is 117 cm³/mol. The maximum Gasteiger partial charge on any atom is 0.323 e.